The summed E-state index contributed by atoms with van der Waals surface area (Å²) in [4.78, 5) is 14.7. The van der Waals surface area contributed by atoms with Gasteiger partial charge in [-0.3, -0.25) is 9.78 Å². The molecule has 0 amide bonds. The molecule has 2 heteroatoms. The summed E-state index contributed by atoms with van der Waals surface area (Å²) in [7, 11) is 0. The summed E-state index contributed by atoms with van der Waals surface area (Å²) >= 11 is 0. The number of aryl methyl sites for hydroxylation is 1. The normalized spacial score (nSPS) is 10.5. The van der Waals surface area contributed by atoms with Crippen LogP contribution >= 0.6 is 0 Å². The Bertz CT molecular complexity index is 298. The summed E-state index contributed by atoms with van der Waals surface area (Å²) in [5.74, 6) is 0.0515. The van der Waals surface area contributed by atoms with Crippen LogP contribution in [-0.2, 0) is 4.79 Å². The van der Waals surface area contributed by atoms with E-state index in [2.05, 4.69) is 4.98 Å². The van der Waals surface area contributed by atoms with Gasteiger partial charge >= 0.3 is 0 Å². The summed E-state index contributed by atoms with van der Waals surface area (Å²) in [5, 5.41) is 0. The fourth-order valence-electron chi connectivity index (χ4n) is 0.791. The van der Waals surface area contributed by atoms with Gasteiger partial charge in [-0.15, -0.1) is 0 Å². The highest BCUT2D eigenvalue weighted by Gasteiger charge is 1.87. The van der Waals surface area contributed by atoms with Gasteiger partial charge in [0.2, 0.25) is 0 Å². The third kappa shape index (κ3) is 2.66. The van der Waals surface area contributed by atoms with Crippen molar-refractivity contribution in [2.24, 2.45) is 0 Å². The monoisotopic (exact) mass is 161 g/mol. The molecule has 1 heterocycles. The van der Waals surface area contributed by atoms with Crippen LogP contribution in [0.2, 0.25) is 0 Å². The van der Waals surface area contributed by atoms with Crippen molar-refractivity contribution in [2.45, 2.75) is 13.8 Å². The highest BCUT2D eigenvalue weighted by Crippen LogP contribution is 2.01. The molecule has 0 aromatic carbocycles. The van der Waals surface area contributed by atoms with Gasteiger partial charge in [0.25, 0.3) is 0 Å². The van der Waals surface area contributed by atoms with Gasteiger partial charge in [0.1, 0.15) is 0 Å². The summed E-state index contributed by atoms with van der Waals surface area (Å²) in [6.07, 6.45) is 5.04. The van der Waals surface area contributed by atoms with Crippen LogP contribution in [-0.4, -0.2) is 10.8 Å². The lowest BCUT2D eigenvalue weighted by Crippen LogP contribution is -1.82. The average Bonchev–Trinajstić information content (AvgIpc) is 2.03. The van der Waals surface area contributed by atoms with E-state index < -0.39 is 0 Å². The van der Waals surface area contributed by atoms with E-state index in [0.29, 0.717) is 0 Å². The van der Waals surface area contributed by atoms with Gasteiger partial charge < -0.3 is 0 Å². The molecular formula is C10H11NO. The lowest BCUT2D eigenvalue weighted by Gasteiger charge is -1.92. The third-order valence-corrected chi connectivity index (χ3v) is 1.44. The maximum atomic E-state index is 10.6. The molecule has 0 N–H and O–H groups in total. The summed E-state index contributed by atoms with van der Waals surface area (Å²) in [5.41, 5.74) is 1.94. The SMILES string of the molecule is CC(=O)C=Cc1ccc(C)nc1. The first-order valence-electron chi connectivity index (χ1n) is 3.80. The molecular weight excluding hydrogens is 150 g/mol. The van der Waals surface area contributed by atoms with Gasteiger partial charge in [0, 0.05) is 11.9 Å². The number of ketones is 1. The van der Waals surface area contributed by atoms with E-state index in [4.69, 9.17) is 0 Å². The van der Waals surface area contributed by atoms with Crippen molar-refractivity contribution < 1.29 is 4.79 Å². The largest absolute Gasteiger partial charge is 0.295 e. The zero-order chi connectivity index (χ0) is 8.97. The van der Waals surface area contributed by atoms with Gasteiger partial charge in [0.05, 0.1) is 0 Å². The minimum atomic E-state index is 0.0515. The van der Waals surface area contributed by atoms with E-state index in [9.17, 15) is 4.79 Å². The molecule has 62 valence electrons. The summed E-state index contributed by atoms with van der Waals surface area (Å²) in [6, 6.07) is 3.85. The van der Waals surface area contributed by atoms with E-state index in [1.165, 1.54) is 13.0 Å². The molecule has 1 rings (SSSR count). The highest BCUT2D eigenvalue weighted by molar-refractivity contribution is 5.91. The molecule has 0 aliphatic rings. The summed E-state index contributed by atoms with van der Waals surface area (Å²) in [6.45, 7) is 3.45. The van der Waals surface area contributed by atoms with Crippen molar-refractivity contribution in [2.75, 3.05) is 0 Å². The van der Waals surface area contributed by atoms with Crippen LogP contribution in [0.4, 0.5) is 0 Å². The van der Waals surface area contributed by atoms with Crippen LogP contribution in [0.3, 0.4) is 0 Å². The Hall–Kier alpha value is -1.44. The number of carbonyl (C=O) groups is 1. The fraction of sp³-hybridized carbons (Fsp3) is 0.200. The molecule has 0 aliphatic heterocycles. The molecule has 0 spiro atoms. The molecule has 0 bridgehead atoms. The van der Waals surface area contributed by atoms with Crippen molar-refractivity contribution in [3.05, 3.63) is 35.7 Å². The third-order valence-electron chi connectivity index (χ3n) is 1.44. The first-order valence-corrected chi connectivity index (χ1v) is 3.80. The van der Waals surface area contributed by atoms with Crippen molar-refractivity contribution in [3.8, 4) is 0 Å². The number of rotatable bonds is 2. The predicted octanol–water partition coefficient (Wildman–Crippen LogP) is 1.99. The van der Waals surface area contributed by atoms with Crippen molar-refractivity contribution >= 4 is 11.9 Å². The second-order valence-electron chi connectivity index (χ2n) is 2.68. The molecule has 1 aromatic heterocycles. The maximum Gasteiger partial charge on any atom is 0.152 e. The number of hydrogen-bond donors (Lipinski definition) is 0. The standard InChI is InChI=1S/C10H11NO/c1-8-3-5-10(7-11-8)6-4-9(2)12/h3-7H,1-2H3. The Morgan fingerprint density at radius 3 is 2.75 bits per heavy atom. The Balaban J connectivity index is 2.77. The zero-order valence-electron chi connectivity index (χ0n) is 7.24. The first kappa shape index (κ1) is 8.65. The number of aromatic nitrogens is 1. The smallest absolute Gasteiger partial charge is 0.152 e. The van der Waals surface area contributed by atoms with Crippen LogP contribution in [0.1, 0.15) is 18.2 Å². The Labute approximate surface area is 71.9 Å². The zero-order valence-corrected chi connectivity index (χ0v) is 7.24. The number of carbonyl (C=O) groups excluding carboxylic acids is 1. The predicted molar refractivity (Wildman–Crippen MR) is 48.7 cm³/mol. The molecule has 12 heavy (non-hydrogen) atoms. The van der Waals surface area contributed by atoms with Gasteiger partial charge in [-0.1, -0.05) is 6.07 Å². The Morgan fingerprint density at radius 2 is 2.25 bits per heavy atom. The van der Waals surface area contributed by atoms with Gasteiger partial charge in [-0.05, 0) is 37.6 Å². The molecule has 0 radical (unpaired) electrons. The summed E-state index contributed by atoms with van der Waals surface area (Å²) < 4.78 is 0. The van der Waals surface area contributed by atoms with E-state index in [1.807, 2.05) is 19.1 Å². The lowest BCUT2D eigenvalue weighted by molar-refractivity contribution is -0.112. The van der Waals surface area contributed by atoms with Crippen molar-refractivity contribution in [1.82, 2.24) is 4.98 Å². The van der Waals surface area contributed by atoms with E-state index in [1.54, 1.807) is 12.3 Å². The topological polar surface area (TPSA) is 30.0 Å². The van der Waals surface area contributed by atoms with Crippen LogP contribution in [0, 0.1) is 6.92 Å². The molecule has 2 nitrogen and oxygen atoms in total. The minimum Gasteiger partial charge on any atom is -0.295 e. The van der Waals surface area contributed by atoms with Crippen molar-refractivity contribution in [3.63, 3.8) is 0 Å². The molecule has 0 saturated heterocycles. The van der Waals surface area contributed by atoms with E-state index >= 15 is 0 Å². The average molecular weight is 161 g/mol. The van der Waals surface area contributed by atoms with E-state index in [-0.39, 0.29) is 5.78 Å². The molecule has 0 saturated carbocycles. The van der Waals surface area contributed by atoms with Gasteiger partial charge in [-0.2, -0.15) is 0 Å². The molecule has 0 fully saturated rings. The number of nitrogens with zero attached hydrogens (tertiary/aromatic N) is 1. The van der Waals surface area contributed by atoms with Gasteiger partial charge in [-0.25, -0.2) is 0 Å². The molecule has 0 unspecified atom stereocenters. The Morgan fingerprint density at radius 1 is 1.50 bits per heavy atom. The quantitative estimate of drug-likeness (QED) is 0.621. The van der Waals surface area contributed by atoms with E-state index in [0.717, 1.165) is 11.3 Å². The second kappa shape index (κ2) is 3.81. The molecule has 0 aliphatic carbocycles. The maximum absolute atomic E-state index is 10.6. The second-order valence-corrected chi connectivity index (χ2v) is 2.68. The fourth-order valence-corrected chi connectivity index (χ4v) is 0.791. The van der Waals surface area contributed by atoms with Crippen LogP contribution in [0.15, 0.2) is 24.4 Å². The molecule has 0 atom stereocenters. The highest BCUT2D eigenvalue weighted by atomic mass is 16.1. The van der Waals surface area contributed by atoms with Crippen LogP contribution in [0.5, 0.6) is 0 Å². The number of allylic oxidation sites excluding steroid dienone is 1. The lowest BCUT2D eigenvalue weighted by atomic mass is 10.2. The van der Waals surface area contributed by atoms with Crippen LogP contribution in [0.25, 0.3) is 6.08 Å². The number of pyridine rings is 1. The molecule has 1 aromatic rings. The Kier molecular flexibility index (Phi) is 2.75. The van der Waals surface area contributed by atoms with Gasteiger partial charge in [0.15, 0.2) is 5.78 Å². The minimum absolute atomic E-state index is 0.0515. The van der Waals surface area contributed by atoms with Crippen molar-refractivity contribution in [1.29, 1.82) is 0 Å². The van der Waals surface area contributed by atoms with Crippen LogP contribution < -0.4 is 0 Å². The first-order chi connectivity index (χ1) is 5.68. The number of hydrogen-bond acceptors (Lipinski definition) is 2.